The molecule has 1 aromatic rings. The van der Waals surface area contributed by atoms with Gasteiger partial charge in [0.05, 0.1) is 16.6 Å². The molecule has 0 spiro atoms. The van der Waals surface area contributed by atoms with Crippen LogP contribution in [-0.4, -0.2) is 9.96 Å². The van der Waals surface area contributed by atoms with Gasteiger partial charge in [0, 0.05) is 8.48 Å². The third-order valence-corrected chi connectivity index (χ3v) is 4.39. The van der Waals surface area contributed by atoms with Gasteiger partial charge in [-0.15, -0.1) is 0 Å². The molecule has 1 aliphatic rings. The van der Waals surface area contributed by atoms with Gasteiger partial charge in [0.1, 0.15) is 0 Å². The fraction of sp³-hybridized carbons (Fsp3) is 0.111. The van der Waals surface area contributed by atoms with Crippen molar-refractivity contribution < 1.29 is 4.21 Å². The van der Waals surface area contributed by atoms with Crippen molar-refractivity contribution in [1.29, 1.82) is 0 Å². The van der Waals surface area contributed by atoms with Crippen LogP contribution in [0.4, 0.5) is 0 Å². The van der Waals surface area contributed by atoms with Crippen LogP contribution >= 0.6 is 22.6 Å². The number of rotatable bonds is 0. The molecule has 1 aromatic carbocycles. The van der Waals surface area contributed by atoms with Gasteiger partial charge in [-0.1, -0.05) is 18.2 Å². The molecule has 1 heterocycles. The lowest BCUT2D eigenvalue weighted by molar-refractivity contribution is 0.684. The summed E-state index contributed by atoms with van der Waals surface area (Å²) in [6, 6.07) is 7.85. The van der Waals surface area contributed by atoms with E-state index in [4.69, 9.17) is 0 Å². The zero-order valence-electron chi connectivity index (χ0n) is 6.29. The van der Waals surface area contributed by atoms with E-state index in [0.29, 0.717) is 5.75 Å². The lowest BCUT2D eigenvalue weighted by atomic mass is 10.2. The summed E-state index contributed by atoms with van der Waals surface area (Å²) in [5.74, 6) is 0.678. The Balaban J connectivity index is 2.62. The molecule has 1 aliphatic heterocycles. The van der Waals surface area contributed by atoms with E-state index in [0.717, 1.165) is 10.5 Å². The minimum absolute atomic E-state index is 0.678. The van der Waals surface area contributed by atoms with Gasteiger partial charge in [-0.05, 0) is 40.3 Å². The minimum Gasteiger partial charge on any atom is -0.254 e. The van der Waals surface area contributed by atoms with Crippen LogP contribution in [0.5, 0.6) is 0 Å². The average Bonchev–Trinajstić information content (AvgIpc) is 2.04. The Morgan fingerprint density at radius 3 is 2.92 bits per heavy atom. The highest BCUT2D eigenvalue weighted by Gasteiger charge is 2.14. The molecular formula is C9H7IOS. The standard InChI is InChI=1S/C9H7IOS/c10-8-5-7-3-1-2-4-9(7)12(11)6-8/h1-5H,6H2. The highest BCUT2D eigenvalue weighted by Crippen LogP contribution is 2.26. The van der Waals surface area contributed by atoms with Crippen molar-refractivity contribution in [2.45, 2.75) is 4.90 Å². The second-order valence-corrected chi connectivity index (χ2v) is 5.42. The molecule has 1 atom stereocenters. The van der Waals surface area contributed by atoms with E-state index in [-0.39, 0.29) is 0 Å². The second-order valence-electron chi connectivity index (χ2n) is 2.62. The Morgan fingerprint density at radius 1 is 1.33 bits per heavy atom. The van der Waals surface area contributed by atoms with E-state index in [2.05, 4.69) is 28.7 Å². The summed E-state index contributed by atoms with van der Waals surface area (Å²) < 4.78 is 12.7. The second kappa shape index (κ2) is 3.30. The number of halogens is 1. The summed E-state index contributed by atoms with van der Waals surface area (Å²) in [7, 11) is -0.821. The van der Waals surface area contributed by atoms with Gasteiger partial charge < -0.3 is 0 Å². The summed E-state index contributed by atoms with van der Waals surface area (Å²) in [5.41, 5.74) is 1.10. The zero-order valence-corrected chi connectivity index (χ0v) is 9.26. The molecule has 12 heavy (non-hydrogen) atoms. The van der Waals surface area contributed by atoms with Crippen molar-refractivity contribution in [3.63, 3.8) is 0 Å². The summed E-state index contributed by atoms with van der Waals surface area (Å²) in [6.07, 6.45) is 2.09. The summed E-state index contributed by atoms with van der Waals surface area (Å²) in [6.45, 7) is 0. The maximum absolute atomic E-state index is 11.6. The molecule has 0 radical (unpaired) electrons. The third-order valence-electron chi connectivity index (χ3n) is 1.75. The molecule has 0 amide bonds. The molecular weight excluding hydrogens is 283 g/mol. The van der Waals surface area contributed by atoms with Crippen molar-refractivity contribution in [3.8, 4) is 0 Å². The lowest BCUT2D eigenvalue weighted by Crippen LogP contribution is -2.04. The van der Waals surface area contributed by atoms with Crippen molar-refractivity contribution in [3.05, 3.63) is 33.4 Å². The van der Waals surface area contributed by atoms with E-state index in [1.807, 2.05) is 24.3 Å². The first-order valence-electron chi connectivity index (χ1n) is 3.61. The molecule has 0 fully saturated rings. The molecule has 0 aromatic heterocycles. The van der Waals surface area contributed by atoms with Gasteiger partial charge in [0.25, 0.3) is 0 Å². The predicted octanol–water partition coefficient (Wildman–Crippen LogP) is 2.58. The van der Waals surface area contributed by atoms with Crippen LogP contribution < -0.4 is 0 Å². The fourth-order valence-electron chi connectivity index (χ4n) is 1.22. The first-order chi connectivity index (χ1) is 5.77. The predicted molar refractivity (Wildman–Crippen MR) is 59.7 cm³/mol. The molecule has 1 nitrogen and oxygen atoms in total. The Labute approximate surface area is 87.5 Å². The van der Waals surface area contributed by atoms with E-state index >= 15 is 0 Å². The number of hydrogen-bond donors (Lipinski definition) is 0. The molecule has 0 saturated heterocycles. The number of benzene rings is 1. The van der Waals surface area contributed by atoms with Crippen molar-refractivity contribution in [2.75, 3.05) is 5.75 Å². The number of hydrogen-bond acceptors (Lipinski definition) is 1. The van der Waals surface area contributed by atoms with Crippen LogP contribution in [-0.2, 0) is 10.8 Å². The van der Waals surface area contributed by atoms with E-state index in [9.17, 15) is 4.21 Å². The first-order valence-corrected chi connectivity index (χ1v) is 6.00. The number of fused-ring (bicyclic) bond motifs is 1. The summed E-state index contributed by atoms with van der Waals surface area (Å²) in [5, 5.41) is 0. The highest BCUT2D eigenvalue weighted by atomic mass is 127. The molecule has 0 saturated carbocycles. The van der Waals surface area contributed by atoms with Gasteiger partial charge in [0.15, 0.2) is 0 Å². The van der Waals surface area contributed by atoms with Crippen LogP contribution in [0, 0.1) is 0 Å². The van der Waals surface area contributed by atoms with Gasteiger partial charge >= 0.3 is 0 Å². The third kappa shape index (κ3) is 1.47. The fourth-order valence-corrected chi connectivity index (χ4v) is 3.51. The van der Waals surface area contributed by atoms with Crippen LogP contribution in [0.2, 0.25) is 0 Å². The van der Waals surface area contributed by atoms with Gasteiger partial charge in [-0.2, -0.15) is 0 Å². The highest BCUT2D eigenvalue weighted by molar-refractivity contribution is 14.1. The van der Waals surface area contributed by atoms with Crippen LogP contribution in [0.1, 0.15) is 5.56 Å². The Morgan fingerprint density at radius 2 is 2.08 bits per heavy atom. The van der Waals surface area contributed by atoms with Crippen LogP contribution in [0.25, 0.3) is 6.08 Å². The molecule has 62 valence electrons. The summed E-state index contributed by atoms with van der Waals surface area (Å²) in [4.78, 5) is 0.970. The first kappa shape index (κ1) is 8.44. The SMILES string of the molecule is O=S1CC(I)=Cc2ccccc21. The quantitative estimate of drug-likeness (QED) is 0.671. The monoisotopic (exact) mass is 290 g/mol. The average molecular weight is 290 g/mol. The van der Waals surface area contributed by atoms with Crippen LogP contribution in [0.3, 0.4) is 0 Å². The normalized spacial score (nSPS) is 21.4. The Bertz CT molecular complexity index is 371. The molecule has 3 heteroatoms. The molecule has 0 N–H and O–H groups in total. The minimum atomic E-state index is -0.821. The maximum atomic E-state index is 11.6. The lowest BCUT2D eigenvalue weighted by Gasteiger charge is -2.11. The largest absolute Gasteiger partial charge is 0.254 e. The smallest absolute Gasteiger partial charge is 0.0590 e. The van der Waals surface area contributed by atoms with Gasteiger partial charge in [-0.25, -0.2) is 0 Å². The Hall–Kier alpha value is -0.160. The molecule has 1 unspecified atom stereocenters. The van der Waals surface area contributed by atoms with E-state index in [1.165, 1.54) is 3.58 Å². The topological polar surface area (TPSA) is 17.1 Å². The van der Waals surface area contributed by atoms with Crippen molar-refractivity contribution in [1.82, 2.24) is 0 Å². The van der Waals surface area contributed by atoms with Crippen LogP contribution in [0.15, 0.2) is 32.7 Å². The molecule has 2 rings (SSSR count). The molecule has 0 bridgehead atoms. The van der Waals surface area contributed by atoms with E-state index in [1.54, 1.807) is 0 Å². The zero-order chi connectivity index (χ0) is 8.55. The van der Waals surface area contributed by atoms with Crippen molar-refractivity contribution in [2.24, 2.45) is 0 Å². The van der Waals surface area contributed by atoms with Gasteiger partial charge in [0.2, 0.25) is 0 Å². The maximum Gasteiger partial charge on any atom is 0.0590 e. The van der Waals surface area contributed by atoms with Gasteiger partial charge in [-0.3, -0.25) is 4.21 Å². The van der Waals surface area contributed by atoms with E-state index < -0.39 is 10.8 Å². The van der Waals surface area contributed by atoms with Crippen molar-refractivity contribution >= 4 is 39.5 Å². The molecule has 0 aliphatic carbocycles. The Kier molecular flexibility index (Phi) is 2.32. The summed E-state index contributed by atoms with van der Waals surface area (Å²) >= 11 is 2.24.